The quantitative estimate of drug-likeness (QED) is 0.653. The van der Waals surface area contributed by atoms with Gasteiger partial charge in [-0.2, -0.15) is 10.1 Å². The van der Waals surface area contributed by atoms with Crippen LogP contribution in [-0.4, -0.2) is 28.8 Å². The molecule has 0 radical (unpaired) electrons. The van der Waals surface area contributed by atoms with Gasteiger partial charge in [-0.1, -0.05) is 0 Å². The topological polar surface area (TPSA) is 44.8 Å². The van der Waals surface area contributed by atoms with E-state index < -0.39 is 0 Å². The van der Waals surface area contributed by atoms with E-state index in [9.17, 15) is 0 Å². The minimum absolute atomic E-state index is 0.787. The van der Waals surface area contributed by atoms with Crippen LogP contribution >= 0.6 is 0 Å². The average Bonchev–Trinajstić information content (AvgIpc) is 2.34. The highest BCUT2D eigenvalue weighted by Crippen LogP contribution is 2.01. The Hall–Kier alpha value is -1.06. The highest BCUT2D eigenvalue weighted by molar-refractivity contribution is 5.25. The van der Waals surface area contributed by atoms with Crippen molar-refractivity contribution in [1.82, 2.24) is 15.2 Å². The molecule has 0 aliphatic carbocycles. The summed E-state index contributed by atoms with van der Waals surface area (Å²) in [6, 6.07) is 0. The van der Waals surface area contributed by atoms with Crippen molar-refractivity contribution in [3.63, 3.8) is 0 Å². The van der Waals surface area contributed by atoms with Crippen LogP contribution in [0.4, 0.5) is 5.95 Å². The second-order valence-electron chi connectivity index (χ2n) is 2.22. The number of nitrogens with zero attached hydrogens (tertiary/aromatic N) is 3. The van der Waals surface area contributed by atoms with Crippen molar-refractivity contribution >= 4 is 5.95 Å². The molecular formula is C6H12N4. The molecule has 1 N–H and O–H groups in total. The summed E-state index contributed by atoms with van der Waals surface area (Å²) in [6.07, 6.45) is 0. The highest BCUT2D eigenvalue weighted by Gasteiger charge is 2.00. The van der Waals surface area contributed by atoms with Crippen LogP contribution in [0.5, 0.6) is 0 Å². The summed E-state index contributed by atoms with van der Waals surface area (Å²) in [4.78, 5) is 6.14. The van der Waals surface area contributed by atoms with Gasteiger partial charge >= 0.3 is 0 Å². The lowest BCUT2D eigenvalue weighted by Crippen LogP contribution is -2.17. The molecule has 1 aromatic heterocycles. The van der Waals surface area contributed by atoms with Crippen molar-refractivity contribution in [1.29, 1.82) is 0 Å². The van der Waals surface area contributed by atoms with Gasteiger partial charge in [-0.05, 0) is 13.8 Å². The summed E-state index contributed by atoms with van der Waals surface area (Å²) in [6.45, 7) is 4.87. The summed E-state index contributed by atoms with van der Waals surface area (Å²) in [5.74, 6) is 1.62. The maximum Gasteiger partial charge on any atom is 0.221 e. The van der Waals surface area contributed by atoms with E-state index in [0.29, 0.717) is 0 Å². The molecule has 10 heavy (non-hydrogen) atoms. The van der Waals surface area contributed by atoms with Gasteiger partial charge in [0.1, 0.15) is 5.82 Å². The van der Waals surface area contributed by atoms with Gasteiger partial charge in [0.25, 0.3) is 0 Å². The number of hydrogen-bond acceptors (Lipinski definition) is 3. The van der Waals surface area contributed by atoms with E-state index in [2.05, 4.69) is 22.1 Å². The molecule has 0 fully saturated rings. The third-order valence-electron chi connectivity index (χ3n) is 1.42. The predicted octanol–water partition coefficient (Wildman–Crippen LogP) is 0.569. The lowest BCUT2D eigenvalue weighted by Gasteiger charge is -2.10. The van der Waals surface area contributed by atoms with Crippen LogP contribution in [0.2, 0.25) is 0 Å². The smallest absolute Gasteiger partial charge is 0.221 e. The first-order valence-electron chi connectivity index (χ1n) is 3.34. The summed E-state index contributed by atoms with van der Waals surface area (Å²) < 4.78 is 0. The van der Waals surface area contributed by atoms with Crippen molar-refractivity contribution in [3.05, 3.63) is 5.82 Å². The Labute approximate surface area is 60.3 Å². The maximum atomic E-state index is 4.14. The molecular weight excluding hydrogens is 128 g/mol. The molecule has 0 aliphatic rings. The van der Waals surface area contributed by atoms with E-state index in [0.717, 1.165) is 18.3 Å². The molecule has 0 saturated carbocycles. The number of aryl methyl sites for hydroxylation is 1. The van der Waals surface area contributed by atoms with Crippen LogP contribution in [0.1, 0.15) is 12.7 Å². The first-order chi connectivity index (χ1) is 4.74. The predicted molar refractivity (Wildman–Crippen MR) is 40.1 cm³/mol. The van der Waals surface area contributed by atoms with E-state index in [4.69, 9.17) is 0 Å². The summed E-state index contributed by atoms with van der Waals surface area (Å²) in [5.41, 5.74) is 0. The van der Waals surface area contributed by atoms with Crippen LogP contribution in [-0.2, 0) is 0 Å². The minimum atomic E-state index is 0.787. The number of H-pyrrole nitrogens is 1. The van der Waals surface area contributed by atoms with Crippen molar-refractivity contribution in [2.24, 2.45) is 0 Å². The first-order valence-corrected chi connectivity index (χ1v) is 3.34. The number of anilines is 1. The van der Waals surface area contributed by atoms with Gasteiger partial charge in [0.2, 0.25) is 5.95 Å². The van der Waals surface area contributed by atoms with E-state index in [1.54, 1.807) is 0 Å². The van der Waals surface area contributed by atoms with Crippen molar-refractivity contribution in [3.8, 4) is 0 Å². The molecule has 4 nitrogen and oxygen atoms in total. The third-order valence-corrected chi connectivity index (χ3v) is 1.42. The Morgan fingerprint density at radius 3 is 2.70 bits per heavy atom. The molecule has 1 rings (SSSR count). The second-order valence-corrected chi connectivity index (χ2v) is 2.22. The van der Waals surface area contributed by atoms with Gasteiger partial charge in [-0.25, -0.2) is 5.10 Å². The highest BCUT2D eigenvalue weighted by atomic mass is 15.3. The van der Waals surface area contributed by atoms with Crippen molar-refractivity contribution in [2.45, 2.75) is 13.8 Å². The van der Waals surface area contributed by atoms with Crippen molar-refractivity contribution in [2.75, 3.05) is 18.5 Å². The molecule has 0 atom stereocenters. The summed E-state index contributed by atoms with van der Waals surface area (Å²) in [7, 11) is 1.97. The number of hydrogen-bond donors (Lipinski definition) is 1. The summed E-state index contributed by atoms with van der Waals surface area (Å²) >= 11 is 0. The standard InChI is InChI=1S/C6H12N4/c1-4-10(3)6-7-5(2)8-9-6/h4H2,1-3H3,(H,7,8,9). The molecule has 0 aromatic carbocycles. The Kier molecular flexibility index (Phi) is 1.89. The molecule has 56 valence electrons. The fourth-order valence-corrected chi connectivity index (χ4v) is 0.655. The van der Waals surface area contributed by atoms with E-state index >= 15 is 0 Å². The molecule has 4 heteroatoms. The SMILES string of the molecule is CCN(C)c1nc(C)n[nH]1. The molecule has 0 saturated heterocycles. The van der Waals surface area contributed by atoms with E-state index in [1.165, 1.54) is 0 Å². The Morgan fingerprint density at radius 2 is 2.30 bits per heavy atom. The van der Waals surface area contributed by atoms with E-state index in [-0.39, 0.29) is 0 Å². The number of nitrogens with one attached hydrogen (secondary N) is 1. The molecule has 0 bridgehead atoms. The lowest BCUT2D eigenvalue weighted by atomic mass is 10.6. The summed E-state index contributed by atoms with van der Waals surface area (Å²) in [5, 5.41) is 6.73. The van der Waals surface area contributed by atoms with Gasteiger partial charge < -0.3 is 4.90 Å². The van der Waals surface area contributed by atoms with Crippen LogP contribution in [0.3, 0.4) is 0 Å². The maximum absolute atomic E-state index is 4.14. The fraction of sp³-hybridized carbons (Fsp3) is 0.667. The molecule has 0 amide bonds. The molecule has 1 aromatic rings. The monoisotopic (exact) mass is 140 g/mol. The molecule has 1 heterocycles. The van der Waals surface area contributed by atoms with Crippen LogP contribution < -0.4 is 4.90 Å². The lowest BCUT2D eigenvalue weighted by molar-refractivity contribution is 0.905. The van der Waals surface area contributed by atoms with Crippen LogP contribution in [0.25, 0.3) is 0 Å². The van der Waals surface area contributed by atoms with Gasteiger partial charge in [-0.15, -0.1) is 0 Å². The molecule has 0 aliphatic heterocycles. The zero-order valence-corrected chi connectivity index (χ0v) is 6.55. The molecule has 0 spiro atoms. The van der Waals surface area contributed by atoms with Crippen LogP contribution in [0.15, 0.2) is 0 Å². The first kappa shape index (κ1) is 7.05. The van der Waals surface area contributed by atoms with Gasteiger partial charge in [-0.3, -0.25) is 0 Å². The normalized spacial score (nSPS) is 9.90. The van der Waals surface area contributed by atoms with Crippen LogP contribution in [0, 0.1) is 6.92 Å². The number of aromatic amines is 1. The van der Waals surface area contributed by atoms with Gasteiger partial charge in [0.15, 0.2) is 0 Å². The Balaban J connectivity index is 2.74. The number of aromatic nitrogens is 3. The zero-order valence-electron chi connectivity index (χ0n) is 6.55. The van der Waals surface area contributed by atoms with E-state index in [1.807, 2.05) is 18.9 Å². The third kappa shape index (κ3) is 1.26. The molecule has 0 unspecified atom stereocenters. The number of rotatable bonds is 2. The fourth-order valence-electron chi connectivity index (χ4n) is 0.655. The minimum Gasteiger partial charge on any atom is -0.345 e. The van der Waals surface area contributed by atoms with Crippen molar-refractivity contribution < 1.29 is 0 Å². The van der Waals surface area contributed by atoms with Gasteiger partial charge in [0, 0.05) is 13.6 Å². The average molecular weight is 140 g/mol. The largest absolute Gasteiger partial charge is 0.345 e. The Morgan fingerprint density at radius 1 is 1.60 bits per heavy atom. The second kappa shape index (κ2) is 2.68. The Bertz CT molecular complexity index is 205. The van der Waals surface area contributed by atoms with Gasteiger partial charge in [0.05, 0.1) is 0 Å². The zero-order chi connectivity index (χ0) is 7.56.